The molecule has 0 bridgehead atoms. The van der Waals surface area contributed by atoms with Crippen molar-refractivity contribution in [2.24, 2.45) is 0 Å². The van der Waals surface area contributed by atoms with E-state index < -0.39 is 0 Å². The van der Waals surface area contributed by atoms with Crippen LogP contribution in [0.5, 0.6) is 5.75 Å². The number of hydrogen-bond acceptors (Lipinski definition) is 5. The van der Waals surface area contributed by atoms with Gasteiger partial charge in [-0.1, -0.05) is 12.1 Å². The molecular weight excluding hydrogens is 276 g/mol. The molecule has 1 aromatic carbocycles. The van der Waals surface area contributed by atoms with E-state index in [9.17, 15) is 4.79 Å². The van der Waals surface area contributed by atoms with E-state index in [1.165, 1.54) is 17.4 Å². The molecule has 0 aliphatic heterocycles. The van der Waals surface area contributed by atoms with E-state index in [0.29, 0.717) is 22.5 Å². The molecule has 3 rings (SSSR count). The first-order valence-electron chi connectivity index (χ1n) is 6.14. The fraction of sp³-hybridized carbons (Fsp3) is 0.133. The predicted molar refractivity (Wildman–Crippen MR) is 78.4 cm³/mol. The zero-order valence-corrected chi connectivity index (χ0v) is 11.4. The van der Waals surface area contributed by atoms with Crippen molar-refractivity contribution in [2.45, 2.75) is 0 Å². The molecule has 3 aromatic rings. The Kier molecular flexibility index (Phi) is 3.54. The zero-order valence-electron chi connectivity index (χ0n) is 10.5. The third kappa shape index (κ3) is 2.33. The number of rotatable bonds is 4. The van der Waals surface area contributed by atoms with E-state index in [4.69, 9.17) is 14.3 Å². The molecular formula is C15H12O4S. The van der Waals surface area contributed by atoms with Gasteiger partial charge in [0.25, 0.3) is 0 Å². The van der Waals surface area contributed by atoms with Crippen molar-refractivity contribution >= 4 is 22.3 Å². The Hall–Kier alpha value is -2.11. The van der Waals surface area contributed by atoms with Crippen LogP contribution in [0, 0.1) is 0 Å². The SMILES string of the molecule is O=c1cc(-c2cccs2)oc2cccc(OCCO)c12. The summed E-state index contributed by atoms with van der Waals surface area (Å²) in [7, 11) is 0. The minimum Gasteiger partial charge on any atom is -0.490 e. The van der Waals surface area contributed by atoms with Crippen LogP contribution in [0.2, 0.25) is 0 Å². The van der Waals surface area contributed by atoms with E-state index in [2.05, 4.69) is 0 Å². The lowest BCUT2D eigenvalue weighted by molar-refractivity contribution is 0.202. The van der Waals surface area contributed by atoms with Crippen molar-refractivity contribution < 1.29 is 14.3 Å². The molecule has 0 saturated carbocycles. The first-order chi connectivity index (χ1) is 9.79. The average Bonchev–Trinajstić information content (AvgIpc) is 2.98. The van der Waals surface area contributed by atoms with Crippen LogP contribution in [-0.4, -0.2) is 18.3 Å². The molecule has 1 N–H and O–H groups in total. The molecule has 0 radical (unpaired) electrons. The number of aliphatic hydroxyl groups is 1. The van der Waals surface area contributed by atoms with Gasteiger partial charge in [0, 0.05) is 6.07 Å². The van der Waals surface area contributed by atoms with Crippen LogP contribution in [0.3, 0.4) is 0 Å². The van der Waals surface area contributed by atoms with E-state index in [-0.39, 0.29) is 18.6 Å². The van der Waals surface area contributed by atoms with Crippen molar-refractivity contribution in [3.05, 3.63) is 52.0 Å². The lowest BCUT2D eigenvalue weighted by Crippen LogP contribution is -2.06. The summed E-state index contributed by atoms with van der Waals surface area (Å²) < 4.78 is 11.1. The number of ether oxygens (including phenoxy) is 1. The second-order valence-corrected chi connectivity index (χ2v) is 5.10. The second-order valence-electron chi connectivity index (χ2n) is 4.15. The maximum atomic E-state index is 12.3. The summed E-state index contributed by atoms with van der Waals surface area (Å²) in [6.45, 7) is 0.0419. The van der Waals surface area contributed by atoms with Crippen molar-refractivity contribution in [1.29, 1.82) is 0 Å². The van der Waals surface area contributed by atoms with Gasteiger partial charge in [-0.2, -0.15) is 0 Å². The largest absolute Gasteiger partial charge is 0.490 e. The van der Waals surface area contributed by atoms with Gasteiger partial charge in [-0.15, -0.1) is 11.3 Å². The minimum absolute atomic E-state index is 0.102. The van der Waals surface area contributed by atoms with E-state index in [1.807, 2.05) is 17.5 Å². The van der Waals surface area contributed by atoms with Crippen LogP contribution in [-0.2, 0) is 0 Å². The van der Waals surface area contributed by atoms with Gasteiger partial charge in [0.15, 0.2) is 5.43 Å². The summed E-state index contributed by atoms with van der Waals surface area (Å²) in [5, 5.41) is 11.1. The van der Waals surface area contributed by atoms with Crippen molar-refractivity contribution in [3.63, 3.8) is 0 Å². The van der Waals surface area contributed by atoms with E-state index in [0.717, 1.165) is 4.88 Å². The molecule has 5 heteroatoms. The Labute approximate surface area is 118 Å². The lowest BCUT2D eigenvalue weighted by Gasteiger charge is -2.07. The van der Waals surface area contributed by atoms with Gasteiger partial charge in [0.2, 0.25) is 0 Å². The van der Waals surface area contributed by atoms with Crippen LogP contribution in [0.1, 0.15) is 0 Å². The van der Waals surface area contributed by atoms with Gasteiger partial charge in [-0.05, 0) is 23.6 Å². The minimum atomic E-state index is -0.150. The van der Waals surface area contributed by atoms with Crippen LogP contribution in [0.4, 0.5) is 0 Å². The Bertz CT molecular complexity index is 774. The molecule has 0 fully saturated rings. The summed E-state index contributed by atoms with van der Waals surface area (Å²) in [6, 6.07) is 10.5. The number of benzene rings is 1. The molecule has 0 aliphatic rings. The zero-order chi connectivity index (χ0) is 13.9. The van der Waals surface area contributed by atoms with E-state index >= 15 is 0 Å². The van der Waals surface area contributed by atoms with Gasteiger partial charge < -0.3 is 14.3 Å². The molecule has 0 spiro atoms. The molecule has 0 atom stereocenters. The van der Waals surface area contributed by atoms with Crippen LogP contribution < -0.4 is 10.2 Å². The normalized spacial score (nSPS) is 10.8. The lowest BCUT2D eigenvalue weighted by atomic mass is 10.2. The van der Waals surface area contributed by atoms with Crippen LogP contribution in [0.25, 0.3) is 21.6 Å². The topological polar surface area (TPSA) is 59.7 Å². The van der Waals surface area contributed by atoms with Gasteiger partial charge >= 0.3 is 0 Å². The maximum absolute atomic E-state index is 12.3. The average molecular weight is 288 g/mol. The van der Waals surface area contributed by atoms with Crippen molar-refractivity contribution in [2.75, 3.05) is 13.2 Å². The highest BCUT2D eigenvalue weighted by molar-refractivity contribution is 7.13. The molecule has 0 aliphatic carbocycles. The third-order valence-corrected chi connectivity index (χ3v) is 3.71. The summed E-state index contributed by atoms with van der Waals surface area (Å²) in [5.74, 6) is 0.986. The molecule has 4 nitrogen and oxygen atoms in total. The van der Waals surface area contributed by atoms with Crippen molar-refractivity contribution in [3.8, 4) is 16.4 Å². The van der Waals surface area contributed by atoms with Gasteiger partial charge in [-0.25, -0.2) is 0 Å². The fourth-order valence-electron chi connectivity index (χ4n) is 1.99. The summed E-state index contributed by atoms with van der Waals surface area (Å²) in [4.78, 5) is 13.2. The predicted octanol–water partition coefficient (Wildman–Crippen LogP) is 2.89. The van der Waals surface area contributed by atoms with Gasteiger partial charge in [0.05, 0.1) is 11.5 Å². The molecule has 0 saturated heterocycles. The number of hydrogen-bond donors (Lipinski definition) is 1. The molecule has 0 unspecified atom stereocenters. The quantitative estimate of drug-likeness (QED) is 0.802. The standard InChI is InChI=1S/C15H12O4S/c16-6-7-18-11-3-1-4-12-15(11)10(17)9-13(19-12)14-5-2-8-20-14/h1-5,8-9,16H,6-7H2. The molecule has 0 amide bonds. The summed E-state index contributed by atoms with van der Waals surface area (Å²) in [5.41, 5.74) is 0.333. The van der Waals surface area contributed by atoms with E-state index in [1.54, 1.807) is 18.2 Å². The highest BCUT2D eigenvalue weighted by Gasteiger charge is 2.11. The molecule has 2 aromatic heterocycles. The monoisotopic (exact) mass is 288 g/mol. The summed E-state index contributed by atoms with van der Waals surface area (Å²) in [6.07, 6.45) is 0. The highest BCUT2D eigenvalue weighted by atomic mass is 32.1. The van der Waals surface area contributed by atoms with Gasteiger partial charge in [0.1, 0.15) is 29.1 Å². The smallest absolute Gasteiger partial charge is 0.197 e. The van der Waals surface area contributed by atoms with Crippen LogP contribution >= 0.6 is 11.3 Å². The highest BCUT2D eigenvalue weighted by Crippen LogP contribution is 2.29. The Morgan fingerprint density at radius 2 is 2.15 bits per heavy atom. The van der Waals surface area contributed by atoms with Crippen LogP contribution in [0.15, 0.2) is 51.0 Å². The Morgan fingerprint density at radius 1 is 1.25 bits per heavy atom. The van der Waals surface area contributed by atoms with Crippen molar-refractivity contribution in [1.82, 2.24) is 0 Å². The fourth-order valence-corrected chi connectivity index (χ4v) is 2.67. The Balaban J connectivity index is 2.16. The first-order valence-corrected chi connectivity index (χ1v) is 7.02. The first kappa shape index (κ1) is 12.9. The molecule has 20 heavy (non-hydrogen) atoms. The maximum Gasteiger partial charge on any atom is 0.197 e. The molecule has 2 heterocycles. The van der Waals surface area contributed by atoms with Gasteiger partial charge in [-0.3, -0.25) is 4.79 Å². The Morgan fingerprint density at radius 3 is 2.90 bits per heavy atom. The second kappa shape index (κ2) is 5.48. The number of thiophene rings is 1. The third-order valence-electron chi connectivity index (χ3n) is 2.83. The number of aliphatic hydroxyl groups excluding tert-OH is 1. The summed E-state index contributed by atoms with van der Waals surface area (Å²) >= 11 is 1.51. The number of fused-ring (bicyclic) bond motifs is 1. The molecule has 102 valence electrons.